The van der Waals surface area contributed by atoms with Gasteiger partial charge in [-0.3, -0.25) is 0 Å². The van der Waals surface area contributed by atoms with E-state index >= 15 is 0 Å². The molecule has 0 aliphatic carbocycles. The van der Waals surface area contributed by atoms with Gasteiger partial charge in [-0.1, -0.05) is 22.0 Å². The number of anilines is 1. The van der Waals surface area contributed by atoms with Crippen LogP contribution in [0.5, 0.6) is 0 Å². The monoisotopic (exact) mass is 283 g/mol. The van der Waals surface area contributed by atoms with Gasteiger partial charge in [0.05, 0.1) is 5.54 Å². The SMILES string of the molecule is CN1CCC(CN)(Nc2cccc(Br)c2)C1. The summed E-state index contributed by atoms with van der Waals surface area (Å²) in [5.41, 5.74) is 7.09. The van der Waals surface area contributed by atoms with Gasteiger partial charge in [0.15, 0.2) is 0 Å². The van der Waals surface area contributed by atoms with Crippen LogP contribution in [-0.2, 0) is 0 Å². The molecule has 0 saturated carbocycles. The normalized spacial score (nSPS) is 25.9. The van der Waals surface area contributed by atoms with Crippen LogP contribution in [0.2, 0.25) is 0 Å². The van der Waals surface area contributed by atoms with Crippen LogP contribution in [0.3, 0.4) is 0 Å². The Kier molecular flexibility index (Phi) is 3.52. The van der Waals surface area contributed by atoms with Crippen molar-refractivity contribution in [1.82, 2.24) is 4.90 Å². The molecule has 3 nitrogen and oxygen atoms in total. The second-order valence-electron chi connectivity index (χ2n) is 4.61. The Balaban J connectivity index is 2.13. The first-order chi connectivity index (χ1) is 7.63. The second-order valence-corrected chi connectivity index (χ2v) is 5.52. The maximum atomic E-state index is 5.92. The molecule has 16 heavy (non-hydrogen) atoms. The first-order valence-electron chi connectivity index (χ1n) is 5.56. The Bertz CT molecular complexity index is 369. The summed E-state index contributed by atoms with van der Waals surface area (Å²) in [5, 5.41) is 3.58. The van der Waals surface area contributed by atoms with Crippen LogP contribution in [0.25, 0.3) is 0 Å². The van der Waals surface area contributed by atoms with Crippen LogP contribution >= 0.6 is 15.9 Å². The predicted molar refractivity (Wildman–Crippen MR) is 71.7 cm³/mol. The molecule has 88 valence electrons. The number of halogens is 1. The van der Waals surface area contributed by atoms with Crippen molar-refractivity contribution < 1.29 is 0 Å². The lowest BCUT2D eigenvalue weighted by Gasteiger charge is -2.30. The Morgan fingerprint density at radius 2 is 2.38 bits per heavy atom. The molecular formula is C12H18BrN3. The lowest BCUT2D eigenvalue weighted by Crippen LogP contribution is -2.47. The number of nitrogens with two attached hydrogens (primary N) is 1. The van der Waals surface area contributed by atoms with Crippen LogP contribution < -0.4 is 11.1 Å². The lowest BCUT2D eigenvalue weighted by atomic mass is 9.98. The Labute approximate surface area is 105 Å². The summed E-state index contributed by atoms with van der Waals surface area (Å²) in [6, 6.07) is 8.24. The van der Waals surface area contributed by atoms with Gasteiger partial charge in [-0.05, 0) is 31.7 Å². The molecule has 0 bridgehead atoms. The molecular weight excluding hydrogens is 266 g/mol. The number of benzene rings is 1. The van der Waals surface area contributed by atoms with E-state index in [2.05, 4.69) is 45.3 Å². The van der Waals surface area contributed by atoms with E-state index in [0.717, 1.165) is 29.7 Å². The van der Waals surface area contributed by atoms with Gasteiger partial charge in [-0.15, -0.1) is 0 Å². The minimum atomic E-state index is 0.0372. The molecule has 1 unspecified atom stereocenters. The highest BCUT2D eigenvalue weighted by atomic mass is 79.9. The van der Waals surface area contributed by atoms with E-state index in [9.17, 15) is 0 Å². The Hall–Kier alpha value is -0.580. The van der Waals surface area contributed by atoms with Gasteiger partial charge in [-0.2, -0.15) is 0 Å². The first kappa shape index (κ1) is 11.9. The van der Waals surface area contributed by atoms with Gasteiger partial charge in [0.2, 0.25) is 0 Å². The Morgan fingerprint density at radius 1 is 1.56 bits per heavy atom. The van der Waals surface area contributed by atoms with Gasteiger partial charge in [-0.25, -0.2) is 0 Å². The maximum Gasteiger partial charge on any atom is 0.0634 e. The van der Waals surface area contributed by atoms with E-state index in [4.69, 9.17) is 5.73 Å². The lowest BCUT2D eigenvalue weighted by molar-refractivity contribution is 0.385. The first-order valence-corrected chi connectivity index (χ1v) is 6.35. The third-order valence-corrected chi connectivity index (χ3v) is 3.66. The van der Waals surface area contributed by atoms with Gasteiger partial charge < -0.3 is 16.0 Å². The molecule has 1 aliphatic heterocycles. The highest BCUT2D eigenvalue weighted by molar-refractivity contribution is 9.10. The van der Waals surface area contributed by atoms with E-state index in [1.807, 2.05) is 12.1 Å². The highest BCUT2D eigenvalue weighted by Crippen LogP contribution is 2.25. The predicted octanol–water partition coefficient (Wildman–Crippen LogP) is 1.89. The molecule has 1 heterocycles. The van der Waals surface area contributed by atoms with E-state index in [1.54, 1.807) is 0 Å². The number of rotatable bonds is 3. The van der Waals surface area contributed by atoms with Crippen molar-refractivity contribution in [3.63, 3.8) is 0 Å². The zero-order valence-electron chi connectivity index (χ0n) is 9.54. The molecule has 4 heteroatoms. The van der Waals surface area contributed by atoms with Crippen molar-refractivity contribution >= 4 is 21.6 Å². The van der Waals surface area contributed by atoms with Crippen molar-refractivity contribution in [2.75, 3.05) is 32.0 Å². The fourth-order valence-corrected chi connectivity index (χ4v) is 2.67. The van der Waals surface area contributed by atoms with Crippen LogP contribution in [0.15, 0.2) is 28.7 Å². The number of nitrogens with one attached hydrogen (secondary N) is 1. The van der Waals surface area contributed by atoms with E-state index in [0.29, 0.717) is 6.54 Å². The fraction of sp³-hybridized carbons (Fsp3) is 0.500. The number of hydrogen-bond donors (Lipinski definition) is 2. The van der Waals surface area contributed by atoms with Crippen LogP contribution in [-0.4, -0.2) is 37.1 Å². The zero-order valence-corrected chi connectivity index (χ0v) is 11.1. The number of likely N-dealkylation sites (N-methyl/N-ethyl adjacent to an activating group) is 1. The van der Waals surface area contributed by atoms with Crippen LogP contribution in [0.1, 0.15) is 6.42 Å². The summed E-state index contributed by atoms with van der Waals surface area (Å²) in [4.78, 5) is 2.32. The highest BCUT2D eigenvalue weighted by Gasteiger charge is 2.35. The van der Waals surface area contributed by atoms with Gasteiger partial charge in [0.25, 0.3) is 0 Å². The minimum Gasteiger partial charge on any atom is -0.377 e. The molecule has 1 atom stereocenters. The van der Waals surface area contributed by atoms with Gasteiger partial charge in [0.1, 0.15) is 0 Å². The molecule has 1 fully saturated rings. The van der Waals surface area contributed by atoms with E-state index in [1.165, 1.54) is 0 Å². The summed E-state index contributed by atoms with van der Waals surface area (Å²) < 4.78 is 1.09. The van der Waals surface area contributed by atoms with Crippen molar-refractivity contribution in [3.05, 3.63) is 28.7 Å². The van der Waals surface area contributed by atoms with Crippen LogP contribution in [0, 0.1) is 0 Å². The molecule has 1 aromatic carbocycles. The standard InChI is InChI=1S/C12H18BrN3/c1-16-6-5-12(8-14,9-16)15-11-4-2-3-10(13)7-11/h2-4,7,15H,5-6,8-9,14H2,1H3. The number of likely N-dealkylation sites (tertiary alicyclic amines) is 1. The van der Waals surface area contributed by atoms with Crippen LogP contribution in [0.4, 0.5) is 5.69 Å². The summed E-state index contributed by atoms with van der Waals surface area (Å²) in [6.07, 6.45) is 1.10. The summed E-state index contributed by atoms with van der Waals surface area (Å²) >= 11 is 3.48. The molecule has 1 aliphatic rings. The molecule has 1 aromatic rings. The fourth-order valence-electron chi connectivity index (χ4n) is 2.27. The Morgan fingerprint density at radius 3 is 2.94 bits per heavy atom. The molecule has 0 spiro atoms. The minimum absolute atomic E-state index is 0.0372. The van der Waals surface area contributed by atoms with Gasteiger partial charge in [0, 0.05) is 29.8 Å². The summed E-state index contributed by atoms with van der Waals surface area (Å²) in [7, 11) is 2.14. The zero-order chi connectivity index (χ0) is 11.6. The molecule has 2 rings (SSSR count). The van der Waals surface area contributed by atoms with Gasteiger partial charge >= 0.3 is 0 Å². The topological polar surface area (TPSA) is 41.3 Å². The van der Waals surface area contributed by atoms with Crippen molar-refractivity contribution in [3.8, 4) is 0 Å². The number of hydrogen-bond acceptors (Lipinski definition) is 3. The average Bonchev–Trinajstić information content (AvgIpc) is 2.61. The average molecular weight is 284 g/mol. The van der Waals surface area contributed by atoms with Crippen molar-refractivity contribution in [1.29, 1.82) is 0 Å². The summed E-state index contributed by atoms with van der Waals surface area (Å²) in [5.74, 6) is 0. The molecule has 0 amide bonds. The second kappa shape index (κ2) is 4.73. The number of nitrogens with zero attached hydrogens (tertiary/aromatic N) is 1. The third kappa shape index (κ3) is 2.56. The molecule has 1 saturated heterocycles. The quantitative estimate of drug-likeness (QED) is 0.890. The van der Waals surface area contributed by atoms with Crippen molar-refractivity contribution in [2.24, 2.45) is 5.73 Å². The summed E-state index contributed by atoms with van der Waals surface area (Å²) in [6.45, 7) is 2.79. The largest absolute Gasteiger partial charge is 0.377 e. The molecule has 0 aromatic heterocycles. The smallest absolute Gasteiger partial charge is 0.0634 e. The third-order valence-electron chi connectivity index (χ3n) is 3.17. The maximum absolute atomic E-state index is 5.92. The van der Waals surface area contributed by atoms with E-state index < -0.39 is 0 Å². The molecule has 0 radical (unpaired) electrons. The van der Waals surface area contributed by atoms with Crippen molar-refractivity contribution in [2.45, 2.75) is 12.0 Å². The molecule has 3 N–H and O–H groups in total. The van der Waals surface area contributed by atoms with E-state index in [-0.39, 0.29) is 5.54 Å².